The summed E-state index contributed by atoms with van der Waals surface area (Å²) < 4.78 is 10.6. The number of halogens is 1. The number of fused-ring (bicyclic) bond motifs is 1. The van der Waals surface area contributed by atoms with Crippen molar-refractivity contribution in [2.75, 3.05) is 6.79 Å². The highest BCUT2D eigenvalue weighted by molar-refractivity contribution is 6.32. The zero-order valence-corrected chi connectivity index (χ0v) is 13.6. The van der Waals surface area contributed by atoms with Crippen molar-refractivity contribution in [1.29, 1.82) is 0 Å². The van der Waals surface area contributed by atoms with E-state index in [0.717, 1.165) is 11.1 Å². The lowest BCUT2D eigenvalue weighted by molar-refractivity contribution is -0.115. The van der Waals surface area contributed by atoms with Crippen molar-refractivity contribution in [2.45, 2.75) is 6.92 Å². The molecular weight excluding hydrogens is 328 g/mol. The second-order valence-corrected chi connectivity index (χ2v) is 5.94. The Morgan fingerprint density at radius 1 is 1.17 bits per heavy atom. The van der Waals surface area contributed by atoms with Gasteiger partial charge in [0.1, 0.15) is 11.5 Å². The van der Waals surface area contributed by atoms with Crippen LogP contribution in [0.3, 0.4) is 0 Å². The van der Waals surface area contributed by atoms with E-state index in [0.29, 0.717) is 33.6 Å². The molecule has 1 N–H and O–H groups in total. The molecule has 0 radical (unpaired) electrons. The van der Waals surface area contributed by atoms with Gasteiger partial charge in [-0.3, -0.25) is 4.79 Å². The first-order valence-electron chi connectivity index (χ1n) is 7.38. The van der Waals surface area contributed by atoms with Gasteiger partial charge in [-0.1, -0.05) is 41.4 Å². The fourth-order valence-corrected chi connectivity index (χ4v) is 2.72. The highest BCUT2D eigenvalue weighted by Crippen LogP contribution is 2.37. The van der Waals surface area contributed by atoms with Crippen molar-refractivity contribution in [2.24, 2.45) is 4.99 Å². The smallest absolute Gasteiger partial charge is 0.275 e. The Hall–Kier alpha value is -2.79. The van der Waals surface area contributed by atoms with Crippen LogP contribution >= 0.6 is 11.6 Å². The zero-order chi connectivity index (χ0) is 16.7. The summed E-state index contributed by atoms with van der Waals surface area (Å²) in [5, 5.41) is 3.25. The Balaban J connectivity index is 1.70. The molecule has 2 aliphatic heterocycles. The first kappa shape index (κ1) is 14.8. The summed E-state index contributed by atoms with van der Waals surface area (Å²) in [5.41, 5.74) is 2.95. The van der Waals surface area contributed by atoms with Gasteiger partial charge in [0.15, 0.2) is 11.5 Å². The van der Waals surface area contributed by atoms with Crippen LogP contribution in [0.2, 0.25) is 5.02 Å². The lowest BCUT2D eigenvalue weighted by Gasteiger charge is -2.01. The number of ether oxygens (including phenoxy) is 2. The summed E-state index contributed by atoms with van der Waals surface area (Å²) in [6, 6.07) is 11.2. The van der Waals surface area contributed by atoms with Crippen molar-refractivity contribution in [3.05, 3.63) is 63.8 Å². The zero-order valence-electron chi connectivity index (χ0n) is 12.8. The van der Waals surface area contributed by atoms with Gasteiger partial charge >= 0.3 is 0 Å². The summed E-state index contributed by atoms with van der Waals surface area (Å²) in [4.78, 5) is 16.6. The van der Waals surface area contributed by atoms with E-state index < -0.39 is 0 Å². The molecule has 0 aromatic heterocycles. The third-order valence-corrected chi connectivity index (χ3v) is 4.13. The number of nitrogens with one attached hydrogen (secondary N) is 1. The number of hydrogen-bond acceptors (Lipinski definition) is 4. The van der Waals surface area contributed by atoms with Crippen LogP contribution in [0, 0.1) is 6.92 Å². The van der Waals surface area contributed by atoms with Crippen LogP contribution in [0.1, 0.15) is 16.7 Å². The molecule has 2 heterocycles. The molecule has 120 valence electrons. The van der Waals surface area contributed by atoms with E-state index in [9.17, 15) is 4.79 Å². The molecule has 0 saturated carbocycles. The molecule has 0 saturated heterocycles. The van der Waals surface area contributed by atoms with Gasteiger partial charge in [0, 0.05) is 11.6 Å². The molecule has 2 aliphatic rings. The van der Waals surface area contributed by atoms with Gasteiger partial charge in [0.05, 0.1) is 5.02 Å². The molecule has 6 heteroatoms. The first-order valence-corrected chi connectivity index (χ1v) is 7.76. The Morgan fingerprint density at radius 2 is 1.88 bits per heavy atom. The Kier molecular flexibility index (Phi) is 3.50. The molecule has 0 spiro atoms. The van der Waals surface area contributed by atoms with E-state index in [1.165, 1.54) is 0 Å². The van der Waals surface area contributed by atoms with E-state index in [4.69, 9.17) is 21.1 Å². The van der Waals surface area contributed by atoms with Gasteiger partial charge in [-0.05, 0) is 24.6 Å². The van der Waals surface area contributed by atoms with Crippen molar-refractivity contribution in [3.63, 3.8) is 0 Å². The molecule has 0 fully saturated rings. The molecule has 0 bridgehead atoms. The van der Waals surface area contributed by atoms with E-state index in [1.807, 2.05) is 31.2 Å². The van der Waals surface area contributed by atoms with Gasteiger partial charge in [0.2, 0.25) is 6.79 Å². The largest absolute Gasteiger partial charge is 0.454 e. The fraction of sp³-hybridized carbons (Fsp3) is 0.111. The first-order chi connectivity index (χ1) is 11.6. The summed E-state index contributed by atoms with van der Waals surface area (Å²) in [5.74, 6) is 1.47. The van der Waals surface area contributed by atoms with Crippen LogP contribution in [-0.2, 0) is 4.79 Å². The van der Waals surface area contributed by atoms with Gasteiger partial charge in [0.25, 0.3) is 5.91 Å². The standard InChI is InChI=1S/C18H13ClN2O3/c1-10-2-4-11(5-3-10)17-20-14(18(22)21-17)6-12-7-15-16(8-13(12)19)24-9-23-15/h2-8H,9H2,1H3,(H,20,21,22)/b14-6-. The number of aryl methyl sites for hydroxylation is 1. The van der Waals surface area contributed by atoms with Crippen molar-refractivity contribution in [1.82, 2.24) is 5.32 Å². The minimum atomic E-state index is -0.265. The number of amidine groups is 1. The molecule has 2 aromatic carbocycles. The molecule has 1 amide bonds. The molecule has 0 atom stereocenters. The molecular formula is C18H13ClN2O3. The van der Waals surface area contributed by atoms with Crippen molar-refractivity contribution < 1.29 is 14.3 Å². The lowest BCUT2D eigenvalue weighted by atomic mass is 10.1. The van der Waals surface area contributed by atoms with Crippen molar-refractivity contribution in [3.8, 4) is 11.5 Å². The van der Waals surface area contributed by atoms with Gasteiger partial charge in [-0.2, -0.15) is 0 Å². The van der Waals surface area contributed by atoms with Crippen LogP contribution in [0.25, 0.3) is 6.08 Å². The summed E-state index contributed by atoms with van der Waals surface area (Å²) in [7, 11) is 0. The Bertz CT molecular complexity index is 901. The van der Waals surface area contributed by atoms with Crippen LogP contribution < -0.4 is 14.8 Å². The van der Waals surface area contributed by atoms with Gasteiger partial charge in [-0.25, -0.2) is 4.99 Å². The van der Waals surface area contributed by atoms with Crippen LogP contribution in [0.5, 0.6) is 11.5 Å². The second kappa shape index (κ2) is 5.69. The highest BCUT2D eigenvalue weighted by Gasteiger charge is 2.22. The number of carbonyl (C=O) groups excluding carboxylic acids is 1. The van der Waals surface area contributed by atoms with Gasteiger partial charge in [-0.15, -0.1) is 0 Å². The molecule has 24 heavy (non-hydrogen) atoms. The topological polar surface area (TPSA) is 59.9 Å². The predicted octanol–water partition coefficient (Wildman–Crippen LogP) is 3.29. The maximum absolute atomic E-state index is 12.2. The second-order valence-electron chi connectivity index (χ2n) is 5.54. The maximum atomic E-state index is 12.2. The molecule has 2 aromatic rings. The highest BCUT2D eigenvalue weighted by atomic mass is 35.5. The van der Waals surface area contributed by atoms with E-state index >= 15 is 0 Å². The average Bonchev–Trinajstić information content (AvgIpc) is 3.15. The van der Waals surface area contributed by atoms with Crippen LogP contribution in [-0.4, -0.2) is 18.5 Å². The average molecular weight is 341 g/mol. The quantitative estimate of drug-likeness (QED) is 0.853. The van der Waals surface area contributed by atoms with Crippen LogP contribution in [0.4, 0.5) is 0 Å². The normalized spacial score (nSPS) is 17.2. The maximum Gasteiger partial charge on any atom is 0.275 e. The minimum absolute atomic E-state index is 0.169. The van der Waals surface area contributed by atoms with Gasteiger partial charge < -0.3 is 14.8 Å². The number of benzene rings is 2. The van der Waals surface area contributed by atoms with Crippen molar-refractivity contribution >= 4 is 29.4 Å². The number of amides is 1. The Labute approximate surface area is 143 Å². The van der Waals surface area contributed by atoms with E-state index in [-0.39, 0.29) is 12.7 Å². The monoisotopic (exact) mass is 340 g/mol. The SMILES string of the molecule is Cc1ccc(C2=N/C(=C\c3cc4c(cc3Cl)OCO4)C(=O)N2)cc1. The number of aliphatic imine (C=N–C) groups is 1. The number of carbonyl (C=O) groups is 1. The Morgan fingerprint density at radius 3 is 2.62 bits per heavy atom. The van der Waals surface area contributed by atoms with E-state index in [2.05, 4.69) is 10.3 Å². The number of hydrogen-bond donors (Lipinski definition) is 1. The predicted molar refractivity (Wildman–Crippen MR) is 91.4 cm³/mol. The molecule has 0 unspecified atom stereocenters. The molecule has 4 rings (SSSR count). The summed E-state index contributed by atoms with van der Waals surface area (Å²) in [6.07, 6.45) is 1.64. The third-order valence-electron chi connectivity index (χ3n) is 3.81. The fourth-order valence-electron chi connectivity index (χ4n) is 2.51. The van der Waals surface area contributed by atoms with Crippen LogP contribution in [0.15, 0.2) is 47.1 Å². The minimum Gasteiger partial charge on any atom is -0.454 e. The number of rotatable bonds is 2. The molecule has 5 nitrogen and oxygen atoms in total. The third kappa shape index (κ3) is 2.63. The number of nitrogens with zero attached hydrogens (tertiary/aromatic N) is 1. The summed E-state index contributed by atoms with van der Waals surface area (Å²) >= 11 is 6.24. The van der Waals surface area contributed by atoms with E-state index in [1.54, 1.807) is 18.2 Å². The molecule has 0 aliphatic carbocycles. The summed E-state index contributed by atoms with van der Waals surface area (Å²) in [6.45, 7) is 2.17. The lowest BCUT2D eigenvalue weighted by Crippen LogP contribution is -2.24.